The molecule has 0 saturated carbocycles. The molecule has 0 aliphatic rings. The lowest BCUT2D eigenvalue weighted by atomic mass is 9.87. The van der Waals surface area contributed by atoms with Gasteiger partial charge < -0.3 is 9.80 Å². The quantitative estimate of drug-likeness (QED) is 0.835. The van der Waals surface area contributed by atoms with Gasteiger partial charge in [0.15, 0.2) is 0 Å². The number of halogens is 1. The van der Waals surface area contributed by atoms with Crippen LogP contribution < -0.4 is 9.80 Å². The maximum Gasteiger partial charge on any atom is 0.231 e. The van der Waals surface area contributed by atoms with Crippen molar-refractivity contribution in [1.82, 2.24) is 15.0 Å². The molecule has 0 radical (unpaired) electrons. The number of hydrogen-bond donors (Lipinski definition) is 0. The topological polar surface area (TPSA) is 45.2 Å². The Morgan fingerprint density at radius 1 is 1.05 bits per heavy atom. The molecular formula is C14H26ClN5. The fraction of sp³-hybridized carbons (Fsp3) is 0.786. The molecule has 0 saturated heterocycles. The van der Waals surface area contributed by atoms with Crippen LogP contribution in [0.3, 0.4) is 0 Å². The molecule has 0 aliphatic carbocycles. The van der Waals surface area contributed by atoms with Crippen LogP contribution in [-0.4, -0.2) is 41.1 Å². The fourth-order valence-electron chi connectivity index (χ4n) is 1.89. The molecule has 5 nitrogen and oxygen atoms in total. The fourth-order valence-corrected chi connectivity index (χ4v) is 2.04. The summed E-state index contributed by atoms with van der Waals surface area (Å²) in [7, 11) is 1.99. The average molecular weight is 300 g/mol. The summed E-state index contributed by atoms with van der Waals surface area (Å²) in [5.74, 6) is 1.26. The van der Waals surface area contributed by atoms with Gasteiger partial charge in [0.05, 0.1) is 0 Å². The SMILES string of the molecule is CCN(CC)c1nc(Cl)nc(N(C)C(C)C(C)(C)C)n1. The van der Waals surface area contributed by atoms with E-state index in [1.807, 2.05) is 7.05 Å². The monoisotopic (exact) mass is 299 g/mol. The van der Waals surface area contributed by atoms with E-state index >= 15 is 0 Å². The van der Waals surface area contributed by atoms with Crippen LogP contribution in [0.5, 0.6) is 0 Å². The van der Waals surface area contributed by atoms with Crippen molar-refractivity contribution in [3.05, 3.63) is 5.28 Å². The molecule has 1 aromatic rings. The van der Waals surface area contributed by atoms with E-state index in [0.717, 1.165) is 13.1 Å². The zero-order valence-electron chi connectivity index (χ0n) is 13.6. The molecule has 1 heterocycles. The van der Waals surface area contributed by atoms with Crippen LogP contribution in [0.25, 0.3) is 0 Å². The molecule has 6 heteroatoms. The van der Waals surface area contributed by atoms with Crippen molar-refractivity contribution in [1.29, 1.82) is 0 Å². The molecule has 0 N–H and O–H groups in total. The summed E-state index contributed by atoms with van der Waals surface area (Å²) in [6, 6.07) is 0.283. The van der Waals surface area contributed by atoms with Crippen molar-refractivity contribution >= 4 is 23.5 Å². The molecule has 1 rings (SSSR count). The Morgan fingerprint density at radius 3 is 2.00 bits per heavy atom. The third-order valence-electron chi connectivity index (χ3n) is 3.78. The second-order valence-electron chi connectivity index (χ2n) is 6.03. The zero-order chi connectivity index (χ0) is 15.5. The molecule has 20 heavy (non-hydrogen) atoms. The molecule has 1 atom stereocenters. The summed E-state index contributed by atoms with van der Waals surface area (Å²) < 4.78 is 0. The summed E-state index contributed by atoms with van der Waals surface area (Å²) in [5.41, 5.74) is 0.128. The standard InChI is InChI=1S/C14H26ClN5/c1-8-20(9-2)13-17-11(15)16-12(18-13)19(7)10(3)14(4,5)6/h10H,8-9H2,1-7H3. The second-order valence-corrected chi connectivity index (χ2v) is 6.37. The highest BCUT2D eigenvalue weighted by Crippen LogP contribution is 2.26. The lowest BCUT2D eigenvalue weighted by Crippen LogP contribution is -2.40. The minimum absolute atomic E-state index is 0.128. The maximum absolute atomic E-state index is 6.06. The Balaban J connectivity index is 3.13. The Labute approximate surface area is 127 Å². The molecule has 0 fully saturated rings. The maximum atomic E-state index is 6.06. The molecular weight excluding hydrogens is 274 g/mol. The van der Waals surface area contributed by atoms with Crippen LogP contribution in [0, 0.1) is 5.41 Å². The first-order chi connectivity index (χ1) is 9.20. The number of aromatic nitrogens is 3. The van der Waals surface area contributed by atoms with E-state index in [2.05, 4.69) is 66.3 Å². The number of anilines is 2. The average Bonchev–Trinajstić information content (AvgIpc) is 2.36. The van der Waals surface area contributed by atoms with Crippen LogP contribution in [0.2, 0.25) is 5.28 Å². The van der Waals surface area contributed by atoms with Crippen molar-refractivity contribution in [3.63, 3.8) is 0 Å². The lowest BCUT2D eigenvalue weighted by molar-refractivity contribution is 0.327. The predicted octanol–water partition coefficient (Wildman–Crippen LogP) is 3.24. The summed E-state index contributed by atoms with van der Waals surface area (Å²) >= 11 is 6.06. The molecule has 114 valence electrons. The van der Waals surface area contributed by atoms with E-state index in [4.69, 9.17) is 11.6 Å². The van der Waals surface area contributed by atoms with E-state index in [9.17, 15) is 0 Å². The third kappa shape index (κ3) is 3.95. The van der Waals surface area contributed by atoms with Crippen LogP contribution >= 0.6 is 11.6 Å². The van der Waals surface area contributed by atoms with Gasteiger partial charge in [0.25, 0.3) is 0 Å². The van der Waals surface area contributed by atoms with E-state index in [-0.39, 0.29) is 16.7 Å². The number of nitrogens with zero attached hydrogens (tertiary/aromatic N) is 5. The first kappa shape index (κ1) is 17.0. The van der Waals surface area contributed by atoms with Crippen molar-refractivity contribution in [2.45, 2.75) is 47.6 Å². The van der Waals surface area contributed by atoms with E-state index in [1.54, 1.807) is 0 Å². The van der Waals surface area contributed by atoms with Crippen molar-refractivity contribution in [3.8, 4) is 0 Å². The van der Waals surface area contributed by atoms with Gasteiger partial charge in [-0.05, 0) is 37.8 Å². The lowest BCUT2D eigenvalue weighted by Gasteiger charge is -2.35. The van der Waals surface area contributed by atoms with Gasteiger partial charge in [0.2, 0.25) is 17.2 Å². The van der Waals surface area contributed by atoms with Gasteiger partial charge in [-0.15, -0.1) is 0 Å². The first-order valence-corrected chi connectivity index (χ1v) is 7.47. The van der Waals surface area contributed by atoms with Crippen LogP contribution in [0.15, 0.2) is 0 Å². The zero-order valence-corrected chi connectivity index (χ0v) is 14.4. The highest BCUT2D eigenvalue weighted by atomic mass is 35.5. The summed E-state index contributed by atoms with van der Waals surface area (Å²) in [6.45, 7) is 14.6. The van der Waals surface area contributed by atoms with Gasteiger partial charge in [-0.3, -0.25) is 0 Å². The molecule has 0 aliphatic heterocycles. The molecule has 0 amide bonds. The van der Waals surface area contributed by atoms with Gasteiger partial charge in [-0.2, -0.15) is 15.0 Å². The summed E-state index contributed by atoms with van der Waals surface area (Å²) in [5, 5.41) is 0.241. The van der Waals surface area contributed by atoms with E-state index < -0.39 is 0 Å². The highest BCUT2D eigenvalue weighted by molar-refractivity contribution is 6.28. The van der Waals surface area contributed by atoms with Crippen molar-refractivity contribution in [2.75, 3.05) is 29.9 Å². The van der Waals surface area contributed by atoms with Gasteiger partial charge in [-0.1, -0.05) is 20.8 Å². The molecule has 1 aromatic heterocycles. The Bertz CT molecular complexity index is 440. The number of hydrogen-bond acceptors (Lipinski definition) is 5. The van der Waals surface area contributed by atoms with Gasteiger partial charge in [0.1, 0.15) is 0 Å². The normalized spacial score (nSPS) is 13.2. The minimum atomic E-state index is 0.128. The van der Waals surface area contributed by atoms with Crippen molar-refractivity contribution in [2.24, 2.45) is 5.41 Å². The Kier molecular flexibility index (Phi) is 5.57. The molecule has 0 aromatic carbocycles. The molecule has 0 bridgehead atoms. The van der Waals surface area contributed by atoms with Crippen molar-refractivity contribution < 1.29 is 0 Å². The Morgan fingerprint density at radius 2 is 1.55 bits per heavy atom. The Hall–Kier alpha value is -1.10. The highest BCUT2D eigenvalue weighted by Gasteiger charge is 2.26. The van der Waals surface area contributed by atoms with Crippen LogP contribution in [0.1, 0.15) is 41.5 Å². The largest absolute Gasteiger partial charge is 0.341 e. The first-order valence-electron chi connectivity index (χ1n) is 7.10. The van der Waals surface area contributed by atoms with Crippen LogP contribution in [0.4, 0.5) is 11.9 Å². The van der Waals surface area contributed by atoms with E-state index in [0.29, 0.717) is 11.9 Å². The predicted molar refractivity (Wildman–Crippen MR) is 85.7 cm³/mol. The van der Waals surface area contributed by atoms with Gasteiger partial charge >= 0.3 is 0 Å². The van der Waals surface area contributed by atoms with Crippen LogP contribution in [-0.2, 0) is 0 Å². The number of rotatable bonds is 5. The van der Waals surface area contributed by atoms with Gasteiger partial charge in [0, 0.05) is 26.2 Å². The van der Waals surface area contributed by atoms with Gasteiger partial charge in [-0.25, -0.2) is 0 Å². The summed E-state index contributed by atoms with van der Waals surface area (Å²) in [6.07, 6.45) is 0. The second kappa shape index (κ2) is 6.57. The smallest absolute Gasteiger partial charge is 0.231 e. The third-order valence-corrected chi connectivity index (χ3v) is 3.95. The molecule has 1 unspecified atom stereocenters. The molecule has 0 spiro atoms. The summed E-state index contributed by atoms with van der Waals surface area (Å²) in [4.78, 5) is 17.2. The van der Waals surface area contributed by atoms with E-state index in [1.165, 1.54) is 0 Å². The minimum Gasteiger partial charge on any atom is -0.341 e.